The van der Waals surface area contributed by atoms with E-state index in [2.05, 4.69) is 5.32 Å². The van der Waals surface area contributed by atoms with E-state index in [-0.39, 0.29) is 5.91 Å². The summed E-state index contributed by atoms with van der Waals surface area (Å²) in [5.41, 5.74) is -1.11. The molecule has 2 N–H and O–H groups in total. The van der Waals surface area contributed by atoms with E-state index in [1.165, 1.54) is 7.11 Å². The monoisotopic (exact) mass is 258 g/mol. The molecule has 18 heavy (non-hydrogen) atoms. The molecule has 104 valence electrons. The number of ether oxygens (including phenoxy) is 1. The third-order valence-electron chi connectivity index (χ3n) is 3.52. The Morgan fingerprint density at radius 3 is 2.44 bits per heavy atom. The van der Waals surface area contributed by atoms with Gasteiger partial charge in [0.1, 0.15) is 0 Å². The molecule has 0 atom stereocenters. The van der Waals surface area contributed by atoms with E-state index in [1.54, 1.807) is 4.90 Å². The molecule has 1 aliphatic heterocycles. The summed E-state index contributed by atoms with van der Waals surface area (Å²) >= 11 is 0. The average Bonchev–Trinajstić information content (AvgIpc) is 2.38. The number of carboxylic acid groups (broad SMARTS) is 1. The SMILES string of the molecule is CNCCCC(=O)N1CCC(OC)(C(=O)O)CC1. The Morgan fingerprint density at radius 2 is 2.00 bits per heavy atom. The first-order valence-corrected chi connectivity index (χ1v) is 6.26. The van der Waals surface area contributed by atoms with Crippen LogP contribution in [0.15, 0.2) is 0 Å². The normalized spacial score (nSPS) is 18.7. The molecule has 0 aromatic carbocycles. The third-order valence-corrected chi connectivity index (χ3v) is 3.52. The maximum Gasteiger partial charge on any atom is 0.336 e. The molecule has 0 spiro atoms. The van der Waals surface area contributed by atoms with Gasteiger partial charge in [-0.15, -0.1) is 0 Å². The highest BCUT2D eigenvalue weighted by Gasteiger charge is 2.42. The standard InChI is InChI=1S/C12H22N2O4/c1-13-7-3-4-10(15)14-8-5-12(18-2,6-9-14)11(16)17/h13H,3-9H2,1-2H3,(H,16,17). The quantitative estimate of drug-likeness (QED) is 0.660. The van der Waals surface area contributed by atoms with Gasteiger partial charge in [-0.1, -0.05) is 0 Å². The molecular formula is C12H22N2O4. The number of hydrogen-bond acceptors (Lipinski definition) is 4. The minimum atomic E-state index is -1.11. The second kappa shape index (κ2) is 6.70. The fourth-order valence-electron chi connectivity index (χ4n) is 2.20. The minimum absolute atomic E-state index is 0.0975. The Bertz CT molecular complexity index is 298. The number of carboxylic acids is 1. The highest BCUT2D eigenvalue weighted by atomic mass is 16.5. The zero-order valence-electron chi connectivity index (χ0n) is 11.1. The second-order valence-electron chi connectivity index (χ2n) is 4.59. The molecular weight excluding hydrogens is 236 g/mol. The van der Waals surface area contributed by atoms with E-state index in [4.69, 9.17) is 9.84 Å². The van der Waals surface area contributed by atoms with Crippen molar-refractivity contribution < 1.29 is 19.4 Å². The van der Waals surface area contributed by atoms with Crippen LogP contribution in [-0.2, 0) is 14.3 Å². The molecule has 6 nitrogen and oxygen atoms in total. The van der Waals surface area contributed by atoms with Crippen molar-refractivity contribution in [1.82, 2.24) is 10.2 Å². The van der Waals surface area contributed by atoms with Gasteiger partial charge in [-0.3, -0.25) is 4.79 Å². The molecule has 0 radical (unpaired) electrons. The van der Waals surface area contributed by atoms with Gasteiger partial charge < -0.3 is 20.1 Å². The number of aliphatic carboxylic acids is 1. The lowest BCUT2D eigenvalue weighted by atomic mass is 9.91. The minimum Gasteiger partial charge on any atom is -0.479 e. The third kappa shape index (κ3) is 3.43. The lowest BCUT2D eigenvalue weighted by Crippen LogP contribution is -2.52. The fourth-order valence-corrected chi connectivity index (χ4v) is 2.20. The Hall–Kier alpha value is -1.14. The van der Waals surface area contributed by atoms with Crippen molar-refractivity contribution in [3.63, 3.8) is 0 Å². The number of methoxy groups -OCH3 is 1. The molecule has 0 bridgehead atoms. The number of rotatable bonds is 6. The first-order chi connectivity index (χ1) is 8.55. The van der Waals surface area contributed by atoms with Crippen LogP contribution in [0.4, 0.5) is 0 Å². The van der Waals surface area contributed by atoms with Crippen LogP contribution in [0.3, 0.4) is 0 Å². The second-order valence-corrected chi connectivity index (χ2v) is 4.59. The van der Waals surface area contributed by atoms with Crippen LogP contribution in [-0.4, -0.2) is 61.3 Å². The molecule has 0 aromatic heterocycles. The van der Waals surface area contributed by atoms with Crippen molar-refractivity contribution in [3.05, 3.63) is 0 Å². The van der Waals surface area contributed by atoms with E-state index in [0.717, 1.165) is 13.0 Å². The summed E-state index contributed by atoms with van der Waals surface area (Å²) in [4.78, 5) is 24.7. The van der Waals surface area contributed by atoms with Gasteiger partial charge in [0.15, 0.2) is 5.60 Å². The lowest BCUT2D eigenvalue weighted by molar-refractivity contribution is -0.170. The van der Waals surface area contributed by atoms with Crippen molar-refractivity contribution in [2.24, 2.45) is 0 Å². The summed E-state index contributed by atoms with van der Waals surface area (Å²) < 4.78 is 5.12. The topological polar surface area (TPSA) is 78.9 Å². The van der Waals surface area contributed by atoms with E-state index in [1.807, 2.05) is 7.05 Å². The van der Waals surface area contributed by atoms with Crippen LogP contribution < -0.4 is 5.32 Å². The zero-order chi connectivity index (χ0) is 13.6. The highest BCUT2D eigenvalue weighted by molar-refractivity contribution is 5.79. The predicted octanol–water partition coefficient (Wildman–Crippen LogP) is 0.0782. The van der Waals surface area contributed by atoms with Crippen LogP contribution >= 0.6 is 0 Å². The molecule has 6 heteroatoms. The number of carbonyl (C=O) groups excluding carboxylic acids is 1. The fraction of sp³-hybridized carbons (Fsp3) is 0.833. The number of hydrogen-bond donors (Lipinski definition) is 2. The van der Waals surface area contributed by atoms with Gasteiger partial charge in [-0.2, -0.15) is 0 Å². The first kappa shape index (κ1) is 14.9. The van der Waals surface area contributed by atoms with Gasteiger partial charge in [0.05, 0.1) is 0 Å². The Labute approximate surface area is 107 Å². The molecule has 1 amide bonds. The molecule has 1 saturated heterocycles. The van der Waals surface area contributed by atoms with E-state index in [9.17, 15) is 9.59 Å². The van der Waals surface area contributed by atoms with Crippen LogP contribution in [0.25, 0.3) is 0 Å². The number of likely N-dealkylation sites (tertiary alicyclic amines) is 1. The molecule has 0 unspecified atom stereocenters. The molecule has 1 rings (SSSR count). The van der Waals surface area contributed by atoms with Crippen molar-refractivity contribution in [1.29, 1.82) is 0 Å². The number of nitrogens with zero attached hydrogens (tertiary/aromatic N) is 1. The Kier molecular flexibility index (Phi) is 5.55. The van der Waals surface area contributed by atoms with E-state index < -0.39 is 11.6 Å². The average molecular weight is 258 g/mol. The van der Waals surface area contributed by atoms with Gasteiger partial charge in [0.2, 0.25) is 5.91 Å². The number of nitrogens with one attached hydrogen (secondary N) is 1. The number of carbonyl (C=O) groups is 2. The van der Waals surface area contributed by atoms with Crippen LogP contribution in [0, 0.1) is 0 Å². The highest BCUT2D eigenvalue weighted by Crippen LogP contribution is 2.26. The summed E-state index contributed by atoms with van der Waals surface area (Å²) in [6, 6.07) is 0. The zero-order valence-corrected chi connectivity index (χ0v) is 11.1. The van der Waals surface area contributed by atoms with Gasteiger partial charge in [-0.25, -0.2) is 4.79 Å². The maximum absolute atomic E-state index is 11.9. The molecule has 0 saturated carbocycles. The molecule has 1 heterocycles. The number of piperidine rings is 1. The molecule has 1 aliphatic rings. The smallest absolute Gasteiger partial charge is 0.336 e. The van der Waals surface area contributed by atoms with Crippen molar-refractivity contribution in [2.75, 3.05) is 33.8 Å². The van der Waals surface area contributed by atoms with Crippen molar-refractivity contribution >= 4 is 11.9 Å². The summed E-state index contributed by atoms with van der Waals surface area (Å²) in [7, 11) is 3.27. The maximum atomic E-state index is 11.9. The largest absolute Gasteiger partial charge is 0.479 e. The van der Waals surface area contributed by atoms with Gasteiger partial charge in [0.25, 0.3) is 0 Å². The van der Waals surface area contributed by atoms with Gasteiger partial charge >= 0.3 is 5.97 Å². The molecule has 0 aromatic rings. The van der Waals surface area contributed by atoms with Gasteiger partial charge in [-0.05, 0) is 20.0 Å². The summed E-state index contributed by atoms with van der Waals surface area (Å²) in [5, 5.41) is 12.1. The van der Waals surface area contributed by atoms with Crippen LogP contribution in [0.5, 0.6) is 0 Å². The molecule has 1 fully saturated rings. The Morgan fingerprint density at radius 1 is 1.39 bits per heavy atom. The van der Waals surface area contributed by atoms with E-state index >= 15 is 0 Å². The summed E-state index contributed by atoms with van der Waals surface area (Å²) in [6.45, 7) is 1.73. The van der Waals surface area contributed by atoms with E-state index in [0.29, 0.717) is 32.4 Å². The first-order valence-electron chi connectivity index (χ1n) is 6.26. The van der Waals surface area contributed by atoms with Crippen LogP contribution in [0.1, 0.15) is 25.7 Å². The predicted molar refractivity (Wildman–Crippen MR) is 66.4 cm³/mol. The summed E-state index contributed by atoms with van der Waals surface area (Å²) in [6.07, 6.45) is 2.03. The molecule has 0 aliphatic carbocycles. The Balaban J connectivity index is 2.43. The lowest BCUT2D eigenvalue weighted by Gasteiger charge is -2.37. The van der Waals surface area contributed by atoms with Gasteiger partial charge in [0, 0.05) is 39.5 Å². The summed E-state index contributed by atoms with van der Waals surface area (Å²) in [5.74, 6) is -0.840. The van der Waals surface area contributed by atoms with Crippen molar-refractivity contribution in [3.8, 4) is 0 Å². The van der Waals surface area contributed by atoms with Crippen molar-refractivity contribution in [2.45, 2.75) is 31.3 Å². The number of amides is 1. The van der Waals surface area contributed by atoms with Crippen LogP contribution in [0.2, 0.25) is 0 Å².